The van der Waals surface area contributed by atoms with Crippen molar-refractivity contribution in [1.29, 1.82) is 0 Å². The Morgan fingerprint density at radius 2 is 2.28 bits per heavy atom. The number of Topliss-reactive ketones (excluding diaryl/α,β-unsaturated/α-hetero) is 1. The first-order chi connectivity index (χ1) is 8.49. The first kappa shape index (κ1) is 13.1. The van der Waals surface area contributed by atoms with Crippen molar-refractivity contribution in [3.63, 3.8) is 0 Å². The number of rotatable bonds is 3. The van der Waals surface area contributed by atoms with Gasteiger partial charge in [0.2, 0.25) is 0 Å². The Morgan fingerprint density at radius 1 is 1.56 bits per heavy atom. The van der Waals surface area contributed by atoms with E-state index in [2.05, 4.69) is 19.6 Å². The van der Waals surface area contributed by atoms with Crippen molar-refractivity contribution in [2.75, 3.05) is 0 Å². The number of hydrogen-bond acceptors (Lipinski definition) is 3. The number of fused-ring (bicyclic) bond motifs is 1. The minimum atomic E-state index is -0.238. The van der Waals surface area contributed by atoms with E-state index in [1.165, 1.54) is 5.57 Å². The largest absolute Gasteiger partial charge is 0.458 e. The summed E-state index contributed by atoms with van der Waals surface area (Å²) in [6, 6.07) is 0. The molecule has 3 nitrogen and oxygen atoms in total. The van der Waals surface area contributed by atoms with E-state index in [1.54, 1.807) is 6.92 Å². The Morgan fingerprint density at radius 3 is 2.94 bits per heavy atom. The second-order valence-corrected chi connectivity index (χ2v) is 5.43. The summed E-state index contributed by atoms with van der Waals surface area (Å²) in [6.07, 6.45) is 5.26. The molecule has 1 saturated heterocycles. The van der Waals surface area contributed by atoms with Gasteiger partial charge in [-0.1, -0.05) is 25.2 Å². The molecule has 2 aliphatic rings. The van der Waals surface area contributed by atoms with Gasteiger partial charge in [0.15, 0.2) is 0 Å². The van der Waals surface area contributed by atoms with Gasteiger partial charge in [0.1, 0.15) is 11.9 Å². The fraction of sp³-hybridized carbons (Fsp3) is 0.600. The Labute approximate surface area is 108 Å². The van der Waals surface area contributed by atoms with Gasteiger partial charge >= 0.3 is 5.97 Å². The quantitative estimate of drug-likeness (QED) is 0.438. The van der Waals surface area contributed by atoms with E-state index in [9.17, 15) is 9.59 Å². The van der Waals surface area contributed by atoms with Crippen LogP contribution in [0, 0.1) is 11.8 Å². The zero-order chi connectivity index (χ0) is 13.3. The molecule has 1 aliphatic heterocycles. The lowest BCUT2D eigenvalue weighted by atomic mass is 9.90. The molecule has 1 fully saturated rings. The molecule has 0 aromatic carbocycles. The third kappa shape index (κ3) is 2.55. The van der Waals surface area contributed by atoms with Crippen LogP contribution >= 0.6 is 0 Å². The smallest absolute Gasteiger partial charge is 0.334 e. The molecule has 0 unspecified atom stereocenters. The number of hydrogen-bond donors (Lipinski definition) is 0. The zero-order valence-electron chi connectivity index (χ0n) is 11.1. The lowest BCUT2D eigenvalue weighted by Gasteiger charge is -2.18. The van der Waals surface area contributed by atoms with Crippen molar-refractivity contribution >= 4 is 11.8 Å². The predicted octanol–water partition coefficient (Wildman–Crippen LogP) is 2.81. The van der Waals surface area contributed by atoms with Crippen molar-refractivity contribution < 1.29 is 14.3 Å². The Balaban J connectivity index is 2.08. The Bertz CT molecular complexity index is 419. The molecule has 98 valence electrons. The number of allylic oxidation sites excluding steroid dienone is 2. The highest BCUT2D eigenvalue weighted by atomic mass is 16.6. The molecule has 1 heterocycles. The lowest BCUT2D eigenvalue weighted by molar-refractivity contribution is -0.139. The number of ketones is 1. The molecular formula is C15H20O3. The van der Waals surface area contributed by atoms with Crippen molar-refractivity contribution in [3.05, 3.63) is 23.8 Å². The van der Waals surface area contributed by atoms with Crippen LogP contribution in [0.4, 0.5) is 0 Å². The summed E-state index contributed by atoms with van der Waals surface area (Å²) in [5.41, 5.74) is 1.93. The molecule has 18 heavy (non-hydrogen) atoms. The highest BCUT2D eigenvalue weighted by Gasteiger charge is 2.40. The van der Waals surface area contributed by atoms with Crippen LogP contribution in [0.15, 0.2) is 23.8 Å². The number of esters is 1. The summed E-state index contributed by atoms with van der Waals surface area (Å²) in [6.45, 7) is 7.60. The fourth-order valence-electron chi connectivity index (χ4n) is 2.83. The predicted molar refractivity (Wildman–Crippen MR) is 68.9 cm³/mol. The number of carbonyl (C=O) groups excluding carboxylic acids is 2. The summed E-state index contributed by atoms with van der Waals surface area (Å²) in [4.78, 5) is 22.5. The molecule has 0 aromatic rings. The molecule has 1 aliphatic carbocycles. The monoisotopic (exact) mass is 248 g/mol. The van der Waals surface area contributed by atoms with Gasteiger partial charge in [-0.2, -0.15) is 0 Å². The number of carbonyl (C=O) groups is 2. The molecule has 0 spiro atoms. The lowest BCUT2D eigenvalue weighted by Crippen LogP contribution is -2.17. The van der Waals surface area contributed by atoms with Gasteiger partial charge < -0.3 is 9.53 Å². The van der Waals surface area contributed by atoms with Crippen LogP contribution in [-0.2, 0) is 14.3 Å². The second kappa shape index (κ2) is 5.09. The average Bonchev–Trinajstić information content (AvgIpc) is 2.46. The van der Waals surface area contributed by atoms with Gasteiger partial charge in [0.05, 0.1) is 0 Å². The molecular weight excluding hydrogens is 228 g/mol. The average molecular weight is 248 g/mol. The van der Waals surface area contributed by atoms with E-state index in [0.717, 1.165) is 19.3 Å². The molecule has 0 N–H and O–H groups in total. The molecule has 0 bridgehead atoms. The third-order valence-corrected chi connectivity index (χ3v) is 4.04. The van der Waals surface area contributed by atoms with Crippen molar-refractivity contribution in [2.45, 2.75) is 45.6 Å². The van der Waals surface area contributed by atoms with E-state index in [0.29, 0.717) is 17.9 Å². The van der Waals surface area contributed by atoms with Crippen LogP contribution in [0.5, 0.6) is 0 Å². The maximum Gasteiger partial charge on any atom is 0.334 e. The normalized spacial score (nSPS) is 31.4. The van der Waals surface area contributed by atoms with Gasteiger partial charge in [-0.05, 0) is 32.1 Å². The van der Waals surface area contributed by atoms with Gasteiger partial charge in [0.25, 0.3) is 0 Å². The molecule has 0 amide bonds. The summed E-state index contributed by atoms with van der Waals surface area (Å²) >= 11 is 0. The summed E-state index contributed by atoms with van der Waals surface area (Å²) < 4.78 is 5.36. The molecule has 3 atom stereocenters. The minimum Gasteiger partial charge on any atom is -0.458 e. The molecule has 0 aromatic heterocycles. The van der Waals surface area contributed by atoms with Crippen LogP contribution < -0.4 is 0 Å². The second-order valence-electron chi connectivity index (χ2n) is 5.43. The van der Waals surface area contributed by atoms with Crippen LogP contribution in [-0.4, -0.2) is 17.9 Å². The van der Waals surface area contributed by atoms with E-state index in [-0.39, 0.29) is 23.8 Å². The zero-order valence-corrected chi connectivity index (χ0v) is 11.1. The van der Waals surface area contributed by atoms with Crippen molar-refractivity contribution in [1.82, 2.24) is 0 Å². The topological polar surface area (TPSA) is 43.4 Å². The van der Waals surface area contributed by atoms with Crippen LogP contribution in [0.1, 0.15) is 39.5 Å². The highest BCUT2D eigenvalue weighted by Crippen LogP contribution is 2.39. The number of ether oxygens (including phenoxy) is 1. The fourth-order valence-corrected chi connectivity index (χ4v) is 2.83. The summed E-state index contributed by atoms with van der Waals surface area (Å²) in [5.74, 6) is 0.494. The van der Waals surface area contributed by atoms with E-state index < -0.39 is 0 Å². The van der Waals surface area contributed by atoms with Gasteiger partial charge in [-0.15, -0.1) is 0 Å². The summed E-state index contributed by atoms with van der Waals surface area (Å²) in [7, 11) is 0. The summed E-state index contributed by atoms with van der Waals surface area (Å²) in [5, 5.41) is 0. The maximum atomic E-state index is 11.5. The first-order valence-corrected chi connectivity index (χ1v) is 6.57. The van der Waals surface area contributed by atoms with E-state index in [4.69, 9.17) is 4.74 Å². The standard InChI is InChI=1S/C15H20O3/c1-9-8-14-13(11(3)15(17)18-14)7-6-12(9)5-4-10(2)16/h6,9,13-14H,3-5,7-8H2,1-2H3/t9-,13-,14-/m1/s1. The molecule has 3 heteroatoms. The van der Waals surface area contributed by atoms with Crippen LogP contribution in [0.3, 0.4) is 0 Å². The molecule has 0 radical (unpaired) electrons. The van der Waals surface area contributed by atoms with E-state index in [1.807, 2.05) is 0 Å². The highest BCUT2D eigenvalue weighted by molar-refractivity contribution is 5.90. The Hall–Kier alpha value is -1.38. The minimum absolute atomic E-state index is 0.0221. The van der Waals surface area contributed by atoms with Crippen molar-refractivity contribution in [3.8, 4) is 0 Å². The van der Waals surface area contributed by atoms with E-state index >= 15 is 0 Å². The SMILES string of the molecule is C=C1C(=O)O[C@@H]2C[C@@H](C)C(CCC(C)=O)=CC[C@H]12. The van der Waals surface area contributed by atoms with Gasteiger partial charge in [-0.25, -0.2) is 4.79 Å². The third-order valence-electron chi connectivity index (χ3n) is 4.04. The molecule has 2 rings (SSSR count). The van der Waals surface area contributed by atoms with Crippen LogP contribution in [0.25, 0.3) is 0 Å². The van der Waals surface area contributed by atoms with Gasteiger partial charge in [-0.3, -0.25) is 0 Å². The Kier molecular flexibility index (Phi) is 3.69. The first-order valence-electron chi connectivity index (χ1n) is 6.57. The maximum absolute atomic E-state index is 11.5. The van der Waals surface area contributed by atoms with Crippen LogP contribution in [0.2, 0.25) is 0 Å². The van der Waals surface area contributed by atoms with Crippen molar-refractivity contribution in [2.24, 2.45) is 11.8 Å². The van der Waals surface area contributed by atoms with Gasteiger partial charge in [0, 0.05) is 17.9 Å². The molecule has 0 saturated carbocycles.